The molecule has 0 aliphatic carbocycles. The molecule has 0 aliphatic rings. The van der Waals surface area contributed by atoms with E-state index in [-0.39, 0.29) is 11.7 Å². The van der Waals surface area contributed by atoms with Gasteiger partial charge in [-0.2, -0.15) is 14.9 Å². The Morgan fingerprint density at radius 3 is 2.54 bits per heavy atom. The zero-order chi connectivity index (χ0) is 18.5. The Morgan fingerprint density at radius 1 is 1.19 bits per heavy atom. The second-order valence-corrected chi connectivity index (χ2v) is 5.53. The molecule has 0 aliphatic heterocycles. The Labute approximate surface area is 149 Å². The second kappa shape index (κ2) is 7.60. The minimum absolute atomic E-state index is 0.282. The van der Waals surface area contributed by atoms with Gasteiger partial charge in [-0.1, -0.05) is 18.2 Å². The number of amides is 1. The van der Waals surface area contributed by atoms with Crippen LogP contribution in [0.1, 0.15) is 18.2 Å². The maximum Gasteiger partial charge on any atom is 0.236 e. The Bertz CT molecular complexity index is 934. The van der Waals surface area contributed by atoms with E-state index in [1.54, 1.807) is 4.68 Å². The first kappa shape index (κ1) is 17.3. The number of carbonyl (C=O) groups excluding carboxylic acids is 1. The second-order valence-electron chi connectivity index (χ2n) is 5.53. The minimum atomic E-state index is -0.349. The summed E-state index contributed by atoms with van der Waals surface area (Å²) >= 11 is 0. The zero-order valence-corrected chi connectivity index (χ0v) is 14.3. The first-order chi connectivity index (χ1) is 12.5. The Kier molecular flexibility index (Phi) is 5.07. The molecule has 0 unspecified atom stereocenters. The van der Waals surface area contributed by atoms with Gasteiger partial charge in [0.25, 0.3) is 0 Å². The van der Waals surface area contributed by atoms with E-state index in [0.717, 1.165) is 5.69 Å². The minimum Gasteiger partial charge on any atom is -0.438 e. The molecule has 3 aromatic rings. The third-order valence-electron chi connectivity index (χ3n) is 3.51. The zero-order valence-electron chi connectivity index (χ0n) is 14.3. The summed E-state index contributed by atoms with van der Waals surface area (Å²) in [7, 11) is 0. The lowest BCUT2D eigenvalue weighted by Crippen LogP contribution is -2.12. The first-order valence-electron chi connectivity index (χ1n) is 7.92. The van der Waals surface area contributed by atoms with Gasteiger partial charge < -0.3 is 4.74 Å². The standard InChI is InChI=1S/C19H17FN4O2/c1-13-18(12-21-22-14(2)25)19(26-17-10-8-15(20)9-11-17)24(23-13)16-6-4-3-5-7-16/h3-12H,1-2H3,(H,22,25)/b21-12-. The largest absolute Gasteiger partial charge is 0.438 e. The summed E-state index contributed by atoms with van der Waals surface area (Å²) in [6, 6.07) is 15.1. The summed E-state index contributed by atoms with van der Waals surface area (Å²) in [4.78, 5) is 11.0. The molecule has 1 amide bonds. The highest BCUT2D eigenvalue weighted by molar-refractivity contribution is 5.86. The molecule has 0 saturated heterocycles. The molecule has 132 valence electrons. The molecule has 0 spiro atoms. The Morgan fingerprint density at radius 2 is 1.88 bits per heavy atom. The van der Waals surface area contributed by atoms with E-state index in [0.29, 0.717) is 22.9 Å². The Hall–Kier alpha value is -3.48. The fraction of sp³-hybridized carbons (Fsp3) is 0.105. The van der Waals surface area contributed by atoms with Crippen molar-refractivity contribution in [2.24, 2.45) is 5.10 Å². The maximum atomic E-state index is 13.2. The number of nitrogens with zero attached hydrogens (tertiary/aromatic N) is 3. The van der Waals surface area contributed by atoms with Crippen LogP contribution in [-0.2, 0) is 4.79 Å². The molecular formula is C19H17FN4O2. The number of aryl methyl sites for hydroxylation is 1. The number of carbonyl (C=O) groups is 1. The predicted octanol–water partition coefficient (Wildman–Crippen LogP) is 3.58. The van der Waals surface area contributed by atoms with Crippen LogP contribution in [0.15, 0.2) is 59.7 Å². The van der Waals surface area contributed by atoms with Crippen molar-refractivity contribution in [3.63, 3.8) is 0 Å². The summed E-state index contributed by atoms with van der Waals surface area (Å²) in [5.74, 6) is 0.236. The summed E-state index contributed by atoms with van der Waals surface area (Å²) < 4.78 is 20.8. The number of hydrazone groups is 1. The van der Waals surface area contributed by atoms with Crippen LogP contribution in [0.25, 0.3) is 5.69 Å². The lowest BCUT2D eigenvalue weighted by atomic mass is 10.2. The number of hydrogen-bond donors (Lipinski definition) is 1. The molecule has 7 heteroatoms. The number of hydrogen-bond acceptors (Lipinski definition) is 4. The van der Waals surface area contributed by atoms with Crippen LogP contribution in [0.3, 0.4) is 0 Å². The van der Waals surface area contributed by atoms with Gasteiger partial charge in [-0.25, -0.2) is 9.82 Å². The van der Waals surface area contributed by atoms with E-state index in [1.165, 1.54) is 37.4 Å². The number of benzene rings is 2. The lowest BCUT2D eigenvalue weighted by Gasteiger charge is -2.10. The highest BCUT2D eigenvalue weighted by Gasteiger charge is 2.17. The smallest absolute Gasteiger partial charge is 0.236 e. The number of aromatic nitrogens is 2. The Balaban J connectivity index is 2.05. The topological polar surface area (TPSA) is 68.5 Å². The lowest BCUT2D eigenvalue weighted by molar-refractivity contribution is -0.118. The number of ether oxygens (including phenoxy) is 1. The summed E-state index contributed by atoms with van der Waals surface area (Å²) in [5.41, 5.74) is 4.43. The number of halogens is 1. The van der Waals surface area contributed by atoms with Gasteiger partial charge in [-0.15, -0.1) is 0 Å². The molecular weight excluding hydrogens is 335 g/mol. The molecule has 1 heterocycles. The fourth-order valence-electron chi connectivity index (χ4n) is 2.31. The van der Waals surface area contributed by atoms with E-state index in [9.17, 15) is 9.18 Å². The van der Waals surface area contributed by atoms with Crippen LogP contribution < -0.4 is 10.2 Å². The molecule has 0 saturated carbocycles. The van der Waals surface area contributed by atoms with Gasteiger partial charge in [0.05, 0.1) is 23.2 Å². The highest BCUT2D eigenvalue weighted by atomic mass is 19.1. The van der Waals surface area contributed by atoms with E-state index in [4.69, 9.17) is 4.74 Å². The van der Waals surface area contributed by atoms with Crippen molar-refractivity contribution in [1.29, 1.82) is 0 Å². The van der Waals surface area contributed by atoms with Crippen LogP contribution in [0.5, 0.6) is 11.6 Å². The van der Waals surface area contributed by atoms with Gasteiger partial charge in [0.15, 0.2) is 0 Å². The van der Waals surface area contributed by atoms with Gasteiger partial charge in [-0.05, 0) is 43.3 Å². The molecule has 2 aromatic carbocycles. The van der Waals surface area contributed by atoms with Gasteiger partial charge in [-0.3, -0.25) is 4.79 Å². The first-order valence-corrected chi connectivity index (χ1v) is 7.92. The van der Waals surface area contributed by atoms with E-state index in [2.05, 4.69) is 15.6 Å². The highest BCUT2D eigenvalue weighted by Crippen LogP contribution is 2.29. The quantitative estimate of drug-likeness (QED) is 0.564. The van der Waals surface area contributed by atoms with Crippen LogP contribution in [0, 0.1) is 12.7 Å². The van der Waals surface area contributed by atoms with Crippen molar-refractivity contribution in [1.82, 2.24) is 15.2 Å². The molecule has 0 fully saturated rings. The van der Waals surface area contributed by atoms with Crippen LogP contribution >= 0.6 is 0 Å². The van der Waals surface area contributed by atoms with Crippen molar-refractivity contribution < 1.29 is 13.9 Å². The fourth-order valence-corrected chi connectivity index (χ4v) is 2.31. The van der Waals surface area contributed by atoms with E-state index < -0.39 is 0 Å². The molecule has 6 nitrogen and oxygen atoms in total. The number of para-hydroxylation sites is 1. The molecule has 0 bridgehead atoms. The monoisotopic (exact) mass is 352 g/mol. The molecule has 26 heavy (non-hydrogen) atoms. The third-order valence-corrected chi connectivity index (χ3v) is 3.51. The third kappa shape index (κ3) is 3.94. The molecule has 1 aromatic heterocycles. The van der Waals surface area contributed by atoms with Crippen LogP contribution in [0.4, 0.5) is 4.39 Å². The van der Waals surface area contributed by atoms with Crippen molar-refractivity contribution in [3.05, 3.63) is 71.7 Å². The predicted molar refractivity (Wildman–Crippen MR) is 96.2 cm³/mol. The summed E-state index contributed by atoms with van der Waals surface area (Å²) in [6.45, 7) is 3.18. The molecule has 1 N–H and O–H groups in total. The SMILES string of the molecule is CC(=O)N/N=C\c1c(C)nn(-c2ccccc2)c1Oc1ccc(F)cc1. The van der Waals surface area contributed by atoms with Crippen molar-refractivity contribution in [2.75, 3.05) is 0 Å². The van der Waals surface area contributed by atoms with Crippen molar-refractivity contribution in [2.45, 2.75) is 13.8 Å². The average Bonchev–Trinajstić information content (AvgIpc) is 2.93. The van der Waals surface area contributed by atoms with Crippen LogP contribution in [0.2, 0.25) is 0 Å². The average molecular weight is 352 g/mol. The molecule has 0 atom stereocenters. The molecule has 3 rings (SSSR count). The number of nitrogens with one attached hydrogen (secondary N) is 1. The maximum absolute atomic E-state index is 13.2. The van der Waals surface area contributed by atoms with Crippen molar-refractivity contribution >= 4 is 12.1 Å². The van der Waals surface area contributed by atoms with Gasteiger partial charge in [0.1, 0.15) is 11.6 Å². The molecule has 0 radical (unpaired) electrons. The normalized spacial score (nSPS) is 10.9. The van der Waals surface area contributed by atoms with Gasteiger partial charge >= 0.3 is 0 Å². The van der Waals surface area contributed by atoms with E-state index >= 15 is 0 Å². The summed E-state index contributed by atoms with van der Waals surface area (Å²) in [5, 5.41) is 8.41. The number of rotatable bonds is 5. The van der Waals surface area contributed by atoms with Gasteiger partial charge in [0, 0.05) is 6.92 Å². The van der Waals surface area contributed by atoms with Gasteiger partial charge in [0.2, 0.25) is 11.8 Å². The summed E-state index contributed by atoms with van der Waals surface area (Å²) in [6.07, 6.45) is 1.47. The van der Waals surface area contributed by atoms with Crippen LogP contribution in [-0.4, -0.2) is 21.9 Å². The van der Waals surface area contributed by atoms with E-state index in [1.807, 2.05) is 37.3 Å². The van der Waals surface area contributed by atoms with Crippen molar-refractivity contribution in [3.8, 4) is 17.3 Å².